The summed E-state index contributed by atoms with van der Waals surface area (Å²) in [6.45, 7) is 4.56. The summed E-state index contributed by atoms with van der Waals surface area (Å²) in [7, 11) is -0.575. The van der Waals surface area contributed by atoms with Gasteiger partial charge in [-0.25, -0.2) is 0 Å². The first kappa shape index (κ1) is 10.2. The maximum absolute atomic E-state index is 2.36. The molecule has 0 unspecified atom stereocenters. The summed E-state index contributed by atoms with van der Waals surface area (Å²) in [4.78, 5) is 0. The van der Waals surface area contributed by atoms with E-state index in [9.17, 15) is 0 Å². The molecule has 0 N–H and O–H groups in total. The van der Waals surface area contributed by atoms with E-state index in [0.29, 0.717) is 0 Å². The Morgan fingerprint density at radius 1 is 0.800 bits per heavy atom. The SMILES string of the molecule is Cc1ccccc1[Si](C)c1ccccc1. The predicted octanol–water partition coefficient (Wildman–Crippen LogP) is 2.23. The number of hydrogen-bond donors (Lipinski definition) is 0. The van der Waals surface area contributed by atoms with Crippen LogP contribution in [0.2, 0.25) is 6.55 Å². The largest absolute Gasteiger partial charge is 0.118 e. The number of benzene rings is 2. The van der Waals surface area contributed by atoms with Gasteiger partial charge in [-0.05, 0) is 6.92 Å². The van der Waals surface area contributed by atoms with Crippen molar-refractivity contribution in [2.45, 2.75) is 13.5 Å². The molecular weight excluding hydrogens is 196 g/mol. The first-order chi connectivity index (χ1) is 7.29. The summed E-state index contributed by atoms with van der Waals surface area (Å²) >= 11 is 0. The Morgan fingerprint density at radius 2 is 1.40 bits per heavy atom. The molecule has 0 aromatic heterocycles. The van der Waals surface area contributed by atoms with Crippen molar-refractivity contribution in [2.75, 3.05) is 0 Å². The van der Waals surface area contributed by atoms with Crippen LogP contribution in [0.25, 0.3) is 0 Å². The predicted molar refractivity (Wildman–Crippen MR) is 68.5 cm³/mol. The smallest absolute Gasteiger partial charge is 0.0628 e. The van der Waals surface area contributed by atoms with E-state index in [-0.39, 0.29) is 0 Å². The number of rotatable bonds is 2. The van der Waals surface area contributed by atoms with Crippen LogP contribution in [0, 0.1) is 6.92 Å². The fraction of sp³-hybridized carbons (Fsp3) is 0.143. The van der Waals surface area contributed by atoms with E-state index in [1.807, 2.05) is 0 Å². The van der Waals surface area contributed by atoms with E-state index >= 15 is 0 Å². The molecule has 0 spiro atoms. The molecule has 0 aliphatic rings. The van der Waals surface area contributed by atoms with E-state index < -0.39 is 8.80 Å². The Morgan fingerprint density at radius 3 is 2.07 bits per heavy atom. The molecular formula is C14H15Si. The zero-order valence-electron chi connectivity index (χ0n) is 9.20. The maximum atomic E-state index is 2.36. The van der Waals surface area contributed by atoms with Crippen LogP contribution in [0.3, 0.4) is 0 Å². The second kappa shape index (κ2) is 4.45. The minimum Gasteiger partial charge on any atom is -0.0628 e. The summed E-state index contributed by atoms with van der Waals surface area (Å²) < 4.78 is 0. The van der Waals surface area contributed by atoms with Crippen LogP contribution in [0.15, 0.2) is 54.6 Å². The van der Waals surface area contributed by atoms with Crippen LogP contribution >= 0.6 is 0 Å². The summed E-state index contributed by atoms with van der Waals surface area (Å²) in [6.07, 6.45) is 0. The molecule has 2 aromatic carbocycles. The minimum atomic E-state index is -0.575. The molecule has 0 fully saturated rings. The molecule has 0 saturated heterocycles. The molecule has 75 valence electrons. The molecule has 0 aliphatic carbocycles. The molecule has 0 nitrogen and oxygen atoms in total. The molecule has 0 amide bonds. The first-order valence-corrected chi connectivity index (χ1v) is 7.24. The topological polar surface area (TPSA) is 0 Å². The van der Waals surface area contributed by atoms with E-state index in [2.05, 4.69) is 68.1 Å². The van der Waals surface area contributed by atoms with Gasteiger partial charge in [-0.15, -0.1) is 0 Å². The van der Waals surface area contributed by atoms with Crippen molar-refractivity contribution in [1.29, 1.82) is 0 Å². The lowest BCUT2D eigenvalue weighted by Crippen LogP contribution is -2.40. The van der Waals surface area contributed by atoms with Crippen molar-refractivity contribution >= 4 is 19.2 Å². The number of hydrogen-bond acceptors (Lipinski definition) is 0. The molecule has 0 atom stereocenters. The highest BCUT2D eigenvalue weighted by atomic mass is 28.3. The van der Waals surface area contributed by atoms with Gasteiger partial charge in [0, 0.05) is 0 Å². The van der Waals surface area contributed by atoms with Gasteiger partial charge < -0.3 is 0 Å². The van der Waals surface area contributed by atoms with Crippen LogP contribution in [-0.2, 0) is 0 Å². The highest BCUT2D eigenvalue weighted by Crippen LogP contribution is 1.97. The van der Waals surface area contributed by atoms with Crippen molar-refractivity contribution in [3.8, 4) is 0 Å². The fourth-order valence-electron chi connectivity index (χ4n) is 1.84. The van der Waals surface area contributed by atoms with Crippen LogP contribution in [0.4, 0.5) is 0 Å². The normalized spacial score (nSPS) is 10.6. The lowest BCUT2D eigenvalue weighted by molar-refractivity contribution is 1.51. The highest BCUT2D eigenvalue weighted by Gasteiger charge is 2.11. The van der Waals surface area contributed by atoms with Crippen LogP contribution < -0.4 is 10.4 Å². The van der Waals surface area contributed by atoms with Crippen molar-refractivity contribution in [2.24, 2.45) is 0 Å². The Hall–Kier alpha value is -1.34. The van der Waals surface area contributed by atoms with E-state index in [4.69, 9.17) is 0 Å². The van der Waals surface area contributed by atoms with Crippen LogP contribution in [-0.4, -0.2) is 8.80 Å². The van der Waals surface area contributed by atoms with Crippen molar-refractivity contribution in [3.05, 3.63) is 60.2 Å². The lowest BCUT2D eigenvalue weighted by atomic mass is 10.2. The van der Waals surface area contributed by atoms with Gasteiger partial charge >= 0.3 is 0 Å². The summed E-state index contributed by atoms with van der Waals surface area (Å²) in [5.41, 5.74) is 1.41. The molecule has 1 radical (unpaired) electrons. The molecule has 0 bridgehead atoms. The second-order valence-corrected chi connectivity index (χ2v) is 6.17. The van der Waals surface area contributed by atoms with Gasteiger partial charge in [0.05, 0.1) is 0 Å². The van der Waals surface area contributed by atoms with Crippen molar-refractivity contribution in [1.82, 2.24) is 0 Å². The average Bonchev–Trinajstić information content (AvgIpc) is 2.30. The van der Waals surface area contributed by atoms with Gasteiger partial charge in [0.25, 0.3) is 0 Å². The standard InChI is InChI=1S/C14H15Si/c1-12-8-6-7-11-14(12)15(2)13-9-4-3-5-10-13/h3-11H,1-2H3. The third-order valence-corrected chi connectivity index (χ3v) is 5.32. The van der Waals surface area contributed by atoms with E-state index in [1.165, 1.54) is 15.9 Å². The molecule has 1 heteroatoms. The van der Waals surface area contributed by atoms with Gasteiger partial charge in [0.2, 0.25) is 0 Å². The van der Waals surface area contributed by atoms with Crippen LogP contribution in [0.5, 0.6) is 0 Å². The Balaban J connectivity index is 2.37. The minimum absolute atomic E-state index is 0.575. The Bertz CT molecular complexity index is 434. The van der Waals surface area contributed by atoms with E-state index in [0.717, 1.165) is 0 Å². The quantitative estimate of drug-likeness (QED) is 0.668. The summed E-state index contributed by atoms with van der Waals surface area (Å²) in [5, 5.41) is 3.01. The molecule has 0 aliphatic heterocycles. The number of aryl methyl sites for hydroxylation is 1. The zero-order chi connectivity index (χ0) is 10.7. The van der Waals surface area contributed by atoms with Gasteiger partial charge in [-0.1, -0.05) is 77.1 Å². The summed E-state index contributed by atoms with van der Waals surface area (Å²) in [5.74, 6) is 0. The average molecular weight is 211 g/mol. The zero-order valence-corrected chi connectivity index (χ0v) is 10.2. The summed E-state index contributed by atoms with van der Waals surface area (Å²) in [6, 6.07) is 19.5. The molecule has 15 heavy (non-hydrogen) atoms. The Labute approximate surface area is 93.2 Å². The third kappa shape index (κ3) is 2.18. The lowest BCUT2D eigenvalue weighted by Gasteiger charge is -2.12. The highest BCUT2D eigenvalue weighted by molar-refractivity contribution is 6.84. The third-order valence-electron chi connectivity index (χ3n) is 2.76. The fourth-order valence-corrected chi connectivity index (χ4v) is 3.86. The molecule has 0 saturated carbocycles. The van der Waals surface area contributed by atoms with E-state index in [1.54, 1.807) is 0 Å². The van der Waals surface area contributed by atoms with Crippen LogP contribution in [0.1, 0.15) is 5.56 Å². The Kier molecular flexibility index (Phi) is 3.02. The van der Waals surface area contributed by atoms with Gasteiger partial charge in [-0.2, -0.15) is 0 Å². The van der Waals surface area contributed by atoms with Crippen molar-refractivity contribution < 1.29 is 0 Å². The molecule has 2 rings (SSSR count). The van der Waals surface area contributed by atoms with Gasteiger partial charge in [0.1, 0.15) is 8.80 Å². The first-order valence-electron chi connectivity index (χ1n) is 5.24. The second-order valence-electron chi connectivity index (χ2n) is 3.81. The van der Waals surface area contributed by atoms with Gasteiger partial charge in [0.15, 0.2) is 0 Å². The monoisotopic (exact) mass is 211 g/mol. The van der Waals surface area contributed by atoms with Crippen molar-refractivity contribution in [3.63, 3.8) is 0 Å². The maximum Gasteiger partial charge on any atom is 0.118 e. The van der Waals surface area contributed by atoms with Gasteiger partial charge in [-0.3, -0.25) is 0 Å². The molecule has 0 heterocycles. The molecule has 2 aromatic rings.